The van der Waals surface area contributed by atoms with Crippen LogP contribution in [-0.4, -0.2) is 44.8 Å². The summed E-state index contributed by atoms with van der Waals surface area (Å²) in [7, 11) is 0. The third kappa shape index (κ3) is 3.15. The molecule has 2 rings (SSSR count). The highest BCUT2D eigenvalue weighted by Crippen LogP contribution is 2.31. The lowest BCUT2D eigenvalue weighted by atomic mass is 9.87. The fraction of sp³-hybridized carbons (Fsp3) is 0.688. The Morgan fingerprint density at radius 1 is 1.36 bits per heavy atom. The highest BCUT2D eigenvalue weighted by atomic mass is 16.4. The van der Waals surface area contributed by atoms with Crippen LogP contribution >= 0.6 is 0 Å². The maximum Gasteiger partial charge on any atom is 0.331 e. The van der Waals surface area contributed by atoms with Crippen LogP contribution in [0, 0.1) is 5.92 Å². The number of aliphatic carboxylic acids is 1. The van der Waals surface area contributed by atoms with E-state index in [1.807, 2.05) is 11.8 Å². The summed E-state index contributed by atoms with van der Waals surface area (Å²) in [4.78, 5) is 26.0. The topological polar surface area (TPSA) is 75.4 Å². The van der Waals surface area contributed by atoms with Gasteiger partial charge in [0.25, 0.3) is 0 Å². The number of rotatable bonds is 6. The first-order valence-corrected chi connectivity index (χ1v) is 8.03. The number of piperidine rings is 1. The van der Waals surface area contributed by atoms with Crippen molar-refractivity contribution in [2.75, 3.05) is 13.1 Å². The molecule has 1 fully saturated rings. The first-order valence-electron chi connectivity index (χ1n) is 8.03. The van der Waals surface area contributed by atoms with Crippen LogP contribution in [-0.2, 0) is 15.1 Å². The van der Waals surface area contributed by atoms with E-state index in [4.69, 9.17) is 0 Å². The molecule has 1 aliphatic rings. The van der Waals surface area contributed by atoms with Gasteiger partial charge in [0.05, 0.1) is 0 Å². The number of carboxylic acids is 1. The van der Waals surface area contributed by atoms with Crippen LogP contribution in [0.1, 0.15) is 46.0 Å². The van der Waals surface area contributed by atoms with Gasteiger partial charge in [-0.1, -0.05) is 26.7 Å². The smallest absolute Gasteiger partial charge is 0.331 e. The number of nitrogens with zero attached hydrogens (tertiary/aromatic N) is 3. The van der Waals surface area contributed by atoms with E-state index in [0.29, 0.717) is 25.9 Å². The summed E-state index contributed by atoms with van der Waals surface area (Å²) < 4.78 is 1.53. The van der Waals surface area contributed by atoms with Crippen molar-refractivity contribution in [3.8, 4) is 0 Å². The Morgan fingerprint density at radius 2 is 2.05 bits per heavy atom. The fourth-order valence-electron chi connectivity index (χ4n) is 3.11. The van der Waals surface area contributed by atoms with Gasteiger partial charge >= 0.3 is 5.97 Å². The third-order valence-electron chi connectivity index (χ3n) is 4.66. The molecule has 1 aromatic rings. The molecule has 0 saturated carbocycles. The molecular weight excluding hydrogens is 282 g/mol. The van der Waals surface area contributed by atoms with Crippen LogP contribution in [0.4, 0.5) is 0 Å². The monoisotopic (exact) mass is 307 g/mol. The molecule has 0 aliphatic carbocycles. The molecule has 1 aliphatic heterocycles. The Balaban J connectivity index is 2.02. The first kappa shape index (κ1) is 16.5. The van der Waals surface area contributed by atoms with Gasteiger partial charge in [0.2, 0.25) is 5.91 Å². The molecule has 6 heteroatoms. The van der Waals surface area contributed by atoms with Gasteiger partial charge in [0.15, 0.2) is 5.54 Å². The lowest BCUT2D eigenvalue weighted by Gasteiger charge is -2.39. The zero-order valence-corrected chi connectivity index (χ0v) is 13.4. The number of likely N-dealkylation sites (tertiary alicyclic amines) is 1. The number of hydrogen-bond acceptors (Lipinski definition) is 3. The summed E-state index contributed by atoms with van der Waals surface area (Å²) in [6, 6.07) is 1.73. The number of carboxylic acid groups (broad SMARTS) is 1. The van der Waals surface area contributed by atoms with Gasteiger partial charge in [-0.3, -0.25) is 9.48 Å². The number of hydrogen-bond donors (Lipinski definition) is 1. The minimum Gasteiger partial charge on any atom is -0.479 e. The molecule has 1 saturated heterocycles. The van der Waals surface area contributed by atoms with Gasteiger partial charge in [0, 0.05) is 44.2 Å². The molecule has 6 nitrogen and oxygen atoms in total. The highest BCUT2D eigenvalue weighted by Gasteiger charge is 2.45. The summed E-state index contributed by atoms with van der Waals surface area (Å²) in [5, 5.41) is 13.8. The minimum atomic E-state index is -1.02. The van der Waals surface area contributed by atoms with Crippen LogP contribution in [0.3, 0.4) is 0 Å². The van der Waals surface area contributed by atoms with E-state index in [9.17, 15) is 14.7 Å². The summed E-state index contributed by atoms with van der Waals surface area (Å²) >= 11 is 0. The fourth-order valence-corrected chi connectivity index (χ4v) is 3.11. The average molecular weight is 307 g/mol. The van der Waals surface area contributed by atoms with Crippen LogP contribution < -0.4 is 0 Å². The largest absolute Gasteiger partial charge is 0.479 e. The molecule has 0 bridgehead atoms. The van der Waals surface area contributed by atoms with E-state index in [-0.39, 0.29) is 11.8 Å². The van der Waals surface area contributed by atoms with Gasteiger partial charge in [-0.2, -0.15) is 5.10 Å². The predicted molar refractivity (Wildman–Crippen MR) is 82.3 cm³/mol. The van der Waals surface area contributed by atoms with Crippen molar-refractivity contribution >= 4 is 11.9 Å². The van der Waals surface area contributed by atoms with E-state index in [1.165, 1.54) is 4.68 Å². The van der Waals surface area contributed by atoms with Crippen LogP contribution in [0.25, 0.3) is 0 Å². The number of unbranched alkanes of at least 4 members (excludes halogenated alkanes) is 1. The van der Waals surface area contributed by atoms with Gasteiger partial charge in [-0.15, -0.1) is 0 Å². The normalized spacial score (nSPS) is 18.9. The molecule has 1 N–H and O–H groups in total. The van der Waals surface area contributed by atoms with Crippen LogP contribution in [0.15, 0.2) is 18.5 Å². The van der Waals surface area contributed by atoms with Crippen molar-refractivity contribution in [3.63, 3.8) is 0 Å². The third-order valence-corrected chi connectivity index (χ3v) is 4.66. The standard InChI is InChI=1S/C16H25N3O3/c1-3-4-6-13(2)14(20)18-11-7-16(8-12-18,15(21)22)19-10-5-9-17-19/h5,9-10,13H,3-4,6-8,11-12H2,1-2H3,(H,21,22)/t13-/m0/s1. The number of carbonyl (C=O) groups excluding carboxylic acids is 1. The molecule has 22 heavy (non-hydrogen) atoms. The van der Waals surface area contributed by atoms with E-state index in [2.05, 4.69) is 12.0 Å². The summed E-state index contributed by atoms with van der Waals surface area (Å²) in [6.07, 6.45) is 7.11. The van der Waals surface area contributed by atoms with E-state index in [1.54, 1.807) is 18.5 Å². The molecule has 0 aromatic carbocycles. The Bertz CT molecular complexity index is 505. The van der Waals surface area contributed by atoms with Crippen molar-refractivity contribution in [3.05, 3.63) is 18.5 Å². The molecule has 1 aromatic heterocycles. The minimum absolute atomic E-state index is 0.0157. The van der Waals surface area contributed by atoms with Gasteiger partial charge in [0.1, 0.15) is 0 Å². The molecule has 1 atom stereocenters. The maximum atomic E-state index is 12.4. The Kier molecular flexibility index (Phi) is 5.21. The Labute approximate surface area is 131 Å². The van der Waals surface area contributed by atoms with Crippen molar-refractivity contribution < 1.29 is 14.7 Å². The second kappa shape index (κ2) is 6.94. The molecule has 0 unspecified atom stereocenters. The molecule has 122 valence electrons. The van der Waals surface area contributed by atoms with Gasteiger partial charge in [-0.05, 0) is 12.5 Å². The zero-order valence-electron chi connectivity index (χ0n) is 13.4. The van der Waals surface area contributed by atoms with Crippen molar-refractivity contribution in [1.29, 1.82) is 0 Å². The van der Waals surface area contributed by atoms with E-state index in [0.717, 1.165) is 19.3 Å². The second-order valence-electron chi connectivity index (χ2n) is 6.16. The number of carbonyl (C=O) groups is 2. The van der Waals surface area contributed by atoms with Crippen LogP contribution in [0.5, 0.6) is 0 Å². The lowest BCUT2D eigenvalue weighted by Crippen LogP contribution is -2.53. The lowest BCUT2D eigenvalue weighted by molar-refractivity contribution is -0.154. The molecule has 0 radical (unpaired) electrons. The van der Waals surface area contributed by atoms with E-state index >= 15 is 0 Å². The predicted octanol–water partition coefficient (Wildman–Crippen LogP) is 2.11. The SMILES string of the molecule is CCCC[C@H](C)C(=O)N1CCC(C(=O)O)(n2cccn2)CC1. The van der Waals surface area contributed by atoms with Crippen LogP contribution in [0.2, 0.25) is 0 Å². The van der Waals surface area contributed by atoms with Crippen molar-refractivity contribution in [1.82, 2.24) is 14.7 Å². The quantitative estimate of drug-likeness (QED) is 0.873. The second-order valence-corrected chi connectivity index (χ2v) is 6.16. The molecule has 2 heterocycles. The summed E-state index contributed by atoms with van der Waals surface area (Å²) in [5.74, 6) is -0.711. The molecular formula is C16H25N3O3. The highest BCUT2D eigenvalue weighted by molar-refractivity contribution is 5.80. The van der Waals surface area contributed by atoms with E-state index < -0.39 is 11.5 Å². The van der Waals surface area contributed by atoms with Crippen molar-refractivity contribution in [2.24, 2.45) is 5.92 Å². The zero-order chi connectivity index (χ0) is 16.2. The number of amides is 1. The summed E-state index contributed by atoms with van der Waals surface area (Å²) in [5.41, 5.74) is -1.02. The molecule has 1 amide bonds. The molecule has 0 spiro atoms. The Morgan fingerprint density at radius 3 is 2.55 bits per heavy atom. The summed E-state index contributed by atoms with van der Waals surface area (Å²) in [6.45, 7) is 5.02. The van der Waals surface area contributed by atoms with Gasteiger partial charge < -0.3 is 10.0 Å². The Hall–Kier alpha value is -1.85. The van der Waals surface area contributed by atoms with Crippen molar-refractivity contribution in [2.45, 2.75) is 51.5 Å². The van der Waals surface area contributed by atoms with Gasteiger partial charge in [-0.25, -0.2) is 4.79 Å². The average Bonchev–Trinajstić information content (AvgIpc) is 3.06. The number of aromatic nitrogens is 2. The maximum absolute atomic E-state index is 12.4. The first-order chi connectivity index (χ1) is 10.5.